The van der Waals surface area contributed by atoms with Gasteiger partial charge in [0, 0.05) is 0 Å². The second kappa shape index (κ2) is 5.85. The maximum atomic E-state index is 13.9. The summed E-state index contributed by atoms with van der Waals surface area (Å²) in [6.45, 7) is 1.86. The lowest BCUT2D eigenvalue weighted by Crippen LogP contribution is -2.28. The summed E-state index contributed by atoms with van der Waals surface area (Å²) in [7, 11) is 1.27. The Morgan fingerprint density at radius 3 is 2.61 bits per heavy atom. The third-order valence-electron chi connectivity index (χ3n) is 3.36. The first-order valence-electron chi connectivity index (χ1n) is 6.04. The molecule has 18 heavy (non-hydrogen) atoms. The molecule has 1 N–H and O–H groups in total. The molecule has 0 unspecified atom stereocenters. The molecule has 1 aliphatic rings. The van der Waals surface area contributed by atoms with E-state index in [-0.39, 0.29) is 10.8 Å². The number of rotatable bonds is 3. The second-order valence-electron chi connectivity index (χ2n) is 4.58. The van der Waals surface area contributed by atoms with Crippen molar-refractivity contribution in [1.82, 2.24) is 5.32 Å². The van der Waals surface area contributed by atoms with Crippen LogP contribution in [0.5, 0.6) is 5.75 Å². The van der Waals surface area contributed by atoms with E-state index in [1.165, 1.54) is 13.2 Å². The predicted molar refractivity (Wildman–Crippen MR) is 67.2 cm³/mol. The van der Waals surface area contributed by atoms with E-state index in [0.29, 0.717) is 17.9 Å². The summed E-state index contributed by atoms with van der Waals surface area (Å²) in [6, 6.07) is 1.47. The lowest BCUT2D eigenvalue weighted by Gasteiger charge is -2.23. The number of ether oxygens (including phenoxy) is 1. The smallest absolute Gasteiger partial charge is 0.202 e. The Morgan fingerprint density at radius 2 is 2.00 bits per heavy atom. The van der Waals surface area contributed by atoms with E-state index in [2.05, 4.69) is 5.32 Å². The topological polar surface area (TPSA) is 21.3 Å². The molecule has 1 saturated heterocycles. The monoisotopic (exact) mass is 275 g/mol. The third kappa shape index (κ3) is 2.75. The van der Waals surface area contributed by atoms with Gasteiger partial charge in [0.1, 0.15) is 0 Å². The lowest BCUT2D eigenvalue weighted by molar-refractivity contribution is 0.354. The molecule has 100 valence electrons. The van der Waals surface area contributed by atoms with Gasteiger partial charge in [-0.25, -0.2) is 4.39 Å². The van der Waals surface area contributed by atoms with Crippen LogP contribution in [0.1, 0.15) is 18.4 Å². The molecule has 5 heteroatoms. The van der Waals surface area contributed by atoms with Crippen molar-refractivity contribution < 1.29 is 13.5 Å². The lowest BCUT2D eigenvalue weighted by atomic mass is 9.90. The molecule has 0 amide bonds. The molecule has 1 fully saturated rings. The van der Waals surface area contributed by atoms with Crippen LogP contribution in [0.25, 0.3) is 0 Å². The summed E-state index contributed by atoms with van der Waals surface area (Å²) in [4.78, 5) is 0. The van der Waals surface area contributed by atoms with E-state index in [1.54, 1.807) is 0 Å². The Hall–Kier alpha value is -0.870. The summed E-state index contributed by atoms with van der Waals surface area (Å²) in [6.07, 6.45) is 2.48. The molecule has 0 bridgehead atoms. The first kappa shape index (κ1) is 13.6. The molecule has 0 spiro atoms. The maximum absolute atomic E-state index is 13.9. The van der Waals surface area contributed by atoms with Gasteiger partial charge in [-0.1, -0.05) is 11.6 Å². The third-order valence-corrected chi connectivity index (χ3v) is 3.64. The van der Waals surface area contributed by atoms with Crippen molar-refractivity contribution in [1.29, 1.82) is 0 Å². The van der Waals surface area contributed by atoms with Gasteiger partial charge in [0.25, 0.3) is 0 Å². The largest absolute Gasteiger partial charge is 0.492 e. The summed E-state index contributed by atoms with van der Waals surface area (Å²) < 4.78 is 32.3. The Kier molecular flexibility index (Phi) is 4.40. The molecule has 1 heterocycles. The van der Waals surface area contributed by atoms with Crippen molar-refractivity contribution in [3.8, 4) is 5.75 Å². The number of methoxy groups -OCH3 is 1. The quantitative estimate of drug-likeness (QED) is 0.856. The minimum absolute atomic E-state index is 0.125. The van der Waals surface area contributed by atoms with Gasteiger partial charge in [-0.05, 0) is 49.9 Å². The van der Waals surface area contributed by atoms with Crippen molar-refractivity contribution in [2.24, 2.45) is 5.92 Å². The van der Waals surface area contributed by atoms with Crippen LogP contribution >= 0.6 is 11.6 Å². The Morgan fingerprint density at radius 1 is 1.33 bits per heavy atom. The fourth-order valence-corrected chi connectivity index (χ4v) is 2.65. The van der Waals surface area contributed by atoms with Crippen molar-refractivity contribution >= 4 is 11.6 Å². The highest BCUT2D eigenvalue weighted by Crippen LogP contribution is 2.33. The summed E-state index contributed by atoms with van der Waals surface area (Å²) >= 11 is 5.88. The van der Waals surface area contributed by atoms with Crippen LogP contribution in [-0.4, -0.2) is 20.2 Å². The molecule has 1 aromatic rings. The second-order valence-corrected chi connectivity index (χ2v) is 4.98. The highest BCUT2D eigenvalue weighted by molar-refractivity contribution is 6.32. The molecule has 0 saturated carbocycles. The standard InChI is InChI=1S/C13H16ClF2NO/c1-18-13-10(14)7-9(11(15)12(13)16)6-8-2-4-17-5-3-8/h7-8,17H,2-6H2,1H3. The molecule has 1 aliphatic heterocycles. The SMILES string of the molecule is COc1c(Cl)cc(CC2CCNCC2)c(F)c1F. The van der Waals surface area contributed by atoms with Crippen LogP contribution in [0.15, 0.2) is 6.07 Å². The molecule has 2 rings (SSSR count). The van der Waals surface area contributed by atoms with Crippen molar-refractivity contribution in [2.45, 2.75) is 19.3 Å². The van der Waals surface area contributed by atoms with Gasteiger partial charge in [0.15, 0.2) is 11.6 Å². The molecule has 0 aromatic heterocycles. The molecule has 0 atom stereocenters. The van der Waals surface area contributed by atoms with E-state index >= 15 is 0 Å². The first-order valence-corrected chi connectivity index (χ1v) is 6.42. The number of piperidine rings is 1. The Bertz CT molecular complexity index is 433. The zero-order valence-corrected chi connectivity index (χ0v) is 11.0. The first-order chi connectivity index (χ1) is 8.63. The number of hydrogen-bond donors (Lipinski definition) is 1. The molecular weight excluding hydrogens is 260 g/mol. The number of benzene rings is 1. The minimum atomic E-state index is -0.992. The highest BCUT2D eigenvalue weighted by Gasteiger charge is 2.21. The van der Waals surface area contributed by atoms with Gasteiger partial charge < -0.3 is 10.1 Å². The zero-order valence-electron chi connectivity index (χ0n) is 10.2. The van der Waals surface area contributed by atoms with E-state index in [9.17, 15) is 8.78 Å². The van der Waals surface area contributed by atoms with E-state index in [0.717, 1.165) is 25.9 Å². The van der Waals surface area contributed by atoms with Crippen molar-refractivity contribution in [3.63, 3.8) is 0 Å². The van der Waals surface area contributed by atoms with Gasteiger partial charge in [-0.3, -0.25) is 0 Å². The number of hydrogen-bond acceptors (Lipinski definition) is 2. The van der Waals surface area contributed by atoms with E-state index in [4.69, 9.17) is 16.3 Å². The summed E-state index contributed by atoms with van der Waals surface area (Å²) in [5, 5.41) is 3.37. The fraction of sp³-hybridized carbons (Fsp3) is 0.538. The average molecular weight is 276 g/mol. The van der Waals surface area contributed by atoms with Gasteiger partial charge >= 0.3 is 0 Å². The molecule has 0 aliphatic carbocycles. The molecular formula is C13H16ClF2NO. The van der Waals surface area contributed by atoms with Gasteiger partial charge in [-0.15, -0.1) is 0 Å². The normalized spacial score (nSPS) is 16.9. The summed E-state index contributed by atoms with van der Waals surface area (Å²) in [5.74, 6) is -1.67. The van der Waals surface area contributed by atoms with Gasteiger partial charge in [0.2, 0.25) is 5.82 Å². The molecule has 2 nitrogen and oxygen atoms in total. The van der Waals surface area contributed by atoms with Gasteiger partial charge in [0.05, 0.1) is 12.1 Å². The number of nitrogens with one attached hydrogen (secondary N) is 1. The van der Waals surface area contributed by atoms with Crippen LogP contribution in [0.3, 0.4) is 0 Å². The van der Waals surface area contributed by atoms with Crippen LogP contribution in [0.4, 0.5) is 8.78 Å². The Labute approximate surface area is 110 Å². The minimum Gasteiger partial charge on any atom is -0.492 e. The van der Waals surface area contributed by atoms with E-state index in [1.807, 2.05) is 0 Å². The summed E-state index contributed by atoms with van der Waals surface area (Å²) in [5.41, 5.74) is 0.338. The zero-order chi connectivity index (χ0) is 13.1. The van der Waals surface area contributed by atoms with Crippen LogP contribution in [-0.2, 0) is 6.42 Å². The van der Waals surface area contributed by atoms with Crippen molar-refractivity contribution in [3.05, 3.63) is 28.3 Å². The average Bonchev–Trinajstić information content (AvgIpc) is 2.37. The maximum Gasteiger partial charge on any atom is 0.202 e. The van der Waals surface area contributed by atoms with Gasteiger partial charge in [-0.2, -0.15) is 4.39 Å². The van der Waals surface area contributed by atoms with E-state index < -0.39 is 11.6 Å². The molecule has 0 radical (unpaired) electrons. The van der Waals surface area contributed by atoms with Crippen LogP contribution < -0.4 is 10.1 Å². The van der Waals surface area contributed by atoms with Crippen LogP contribution in [0, 0.1) is 17.6 Å². The fourth-order valence-electron chi connectivity index (χ4n) is 2.36. The Balaban J connectivity index is 2.22. The number of halogens is 3. The van der Waals surface area contributed by atoms with Crippen molar-refractivity contribution in [2.75, 3.05) is 20.2 Å². The molecule has 1 aromatic carbocycles. The predicted octanol–water partition coefficient (Wildman–Crippen LogP) is 3.17. The highest BCUT2D eigenvalue weighted by atomic mass is 35.5. The van der Waals surface area contributed by atoms with Crippen LogP contribution in [0.2, 0.25) is 5.02 Å².